The van der Waals surface area contributed by atoms with Crippen LogP contribution in [0.5, 0.6) is 5.75 Å². The molecule has 1 heterocycles. The quantitative estimate of drug-likeness (QED) is 0.673. The lowest BCUT2D eigenvalue weighted by molar-refractivity contribution is -0.115. The van der Waals surface area contributed by atoms with Gasteiger partial charge in [0.05, 0.1) is 24.4 Å². The van der Waals surface area contributed by atoms with E-state index in [-0.39, 0.29) is 24.4 Å². The number of urea groups is 1. The Kier molecular flexibility index (Phi) is 6.64. The highest BCUT2D eigenvalue weighted by Gasteiger charge is 2.18. The Hall–Kier alpha value is -2.61. The maximum Gasteiger partial charge on any atom is 0.321 e. The van der Waals surface area contributed by atoms with Crippen LogP contribution in [0.3, 0.4) is 0 Å². The molecule has 0 radical (unpaired) electrons. The number of carbonyl (C=O) groups excluding carboxylic acids is 2. The number of nitrogens with one attached hydrogen (secondary N) is 3. The zero-order valence-electron chi connectivity index (χ0n) is 15.3. The Morgan fingerprint density at radius 1 is 1.22 bits per heavy atom. The lowest BCUT2D eigenvalue weighted by Crippen LogP contribution is -2.36. The minimum Gasteiger partial charge on any atom is -0.492 e. The summed E-state index contributed by atoms with van der Waals surface area (Å²) < 4.78 is 5.51. The van der Waals surface area contributed by atoms with Crippen LogP contribution in [0.25, 0.3) is 0 Å². The van der Waals surface area contributed by atoms with Crippen LogP contribution in [-0.4, -0.2) is 29.6 Å². The number of anilines is 2. The Balaban J connectivity index is 1.51. The van der Waals surface area contributed by atoms with Gasteiger partial charge in [-0.1, -0.05) is 25.0 Å². The number of nitrogens with zero attached hydrogens (tertiary/aromatic N) is 1. The van der Waals surface area contributed by atoms with Crippen LogP contribution in [0.4, 0.5) is 15.6 Å². The molecule has 1 aliphatic rings. The van der Waals surface area contributed by atoms with E-state index >= 15 is 0 Å². The largest absolute Gasteiger partial charge is 0.492 e. The zero-order valence-corrected chi connectivity index (χ0v) is 16.1. The van der Waals surface area contributed by atoms with Crippen molar-refractivity contribution in [2.24, 2.45) is 0 Å². The van der Waals surface area contributed by atoms with E-state index < -0.39 is 0 Å². The minimum absolute atomic E-state index is 0.128. The lowest BCUT2D eigenvalue weighted by atomic mass is 10.2. The number of thiazole rings is 1. The molecule has 0 atom stereocenters. The molecule has 1 aliphatic carbocycles. The highest BCUT2D eigenvalue weighted by Crippen LogP contribution is 2.24. The molecule has 3 amide bonds. The summed E-state index contributed by atoms with van der Waals surface area (Å²) in [5, 5.41) is 10.8. The number of carbonyl (C=O) groups is 2. The van der Waals surface area contributed by atoms with Crippen LogP contribution in [-0.2, 0) is 11.2 Å². The summed E-state index contributed by atoms with van der Waals surface area (Å²) >= 11 is 1.31. The van der Waals surface area contributed by atoms with Gasteiger partial charge in [0.1, 0.15) is 5.75 Å². The van der Waals surface area contributed by atoms with E-state index in [1.165, 1.54) is 11.3 Å². The van der Waals surface area contributed by atoms with Crippen molar-refractivity contribution in [3.63, 3.8) is 0 Å². The molecule has 144 valence electrons. The van der Waals surface area contributed by atoms with Crippen molar-refractivity contribution in [1.82, 2.24) is 10.3 Å². The number of hydrogen-bond donors (Lipinski definition) is 3. The van der Waals surface area contributed by atoms with Gasteiger partial charge in [-0.2, -0.15) is 0 Å². The van der Waals surface area contributed by atoms with Gasteiger partial charge in [0, 0.05) is 11.4 Å². The molecule has 7 nitrogen and oxygen atoms in total. The maximum absolute atomic E-state index is 12.3. The molecule has 1 fully saturated rings. The van der Waals surface area contributed by atoms with E-state index in [4.69, 9.17) is 4.74 Å². The molecule has 27 heavy (non-hydrogen) atoms. The fraction of sp³-hybridized carbons (Fsp3) is 0.421. The summed E-state index contributed by atoms with van der Waals surface area (Å²) in [5.41, 5.74) is 1.25. The molecule has 3 N–H and O–H groups in total. The van der Waals surface area contributed by atoms with Gasteiger partial charge < -0.3 is 15.4 Å². The molecule has 0 saturated heterocycles. The van der Waals surface area contributed by atoms with Gasteiger partial charge in [-0.3, -0.25) is 10.1 Å². The van der Waals surface area contributed by atoms with Crippen LogP contribution >= 0.6 is 11.3 Å². The Bertz CT molecular complexity index is 787. The van der Waals surface area contributed by atoms with E-state index in [9.17, 15) is 9.59 Å². The minimum atomic E-state index is -0.238. The standard InChI is InChI=1S/C19H24N4O3S/c1-2-26-16-10-6-5-9-15(16)22-17(24)11-14-12-27-19(21-14)23-18(25)20-13-7-3-4-8-13/h5-6,9-10,12-13H,2-4,7-8,11H2,1H3,(H,22,24)(H2,20,21,23,25). The second-order valence-electron chi connectivity index (χ2n) is 6.38. The number of aromatic nitrogens is 1. The van der Waals surface area contributed by atoms with Crippen molar-refractivity contribution in [2.45, 2.75) is 45.1 Å². The Morgan fingerprint density at radius 2 is 2.00 bits per heavy atom. The number of benzene rings is 1. The van der Waals surface area contributed by atoms with E-state index in [1.54, 1.807) is 11.4 Å². The van der Waals surface area contributed by atoms with Gasteiger partial charge in [-0.25, -0.2) is 9.78 Å². The maximum atomic E-state index is 12.3. The molecular weight excluding hydrogens is 364 g/mol. The van der Waals surface area contributed by atoms with Gasteiger partial charge in [0.2, 0.25) is 5.91 Å². The summed E-state index contributed by atoms with van der Waals surface area (Å²) in [7, 11) is 0. The van der Waals surface area contributed by atoms with Crippen molar-refractivity contribution in [2.75, 3.05) is 17.2 Å². The first-order valence-corrected chi connectivity index (χ1v) is 10.1. The van der Waals surface area contributed by atoms with E-state index in [0.717, 1.165) is 25.7 Å². The van der Waals surface area contributed by atoms with E-state index in [2.05, 4.69) is 20.9 Å². The number of para-hydroxylation sites is 2. The Labute approximate surface area is 162 Å². The highest BCUT2D eigenvalue weighted by atomic mass is 32.1. The zero-order chi connectivity index (χ0) is 19.1. The van der Waals surface area contributed by atoms with E-state index in [0.29, 0.717) is 28.9 Å². The molecule has 8 heteroatoms. The van der Waals surface area contributed by atoms with Gasteiger partial charge in [0.25, 0.3) is 0 Å². The summed E-state index contributed by atoms with van der Waals surface area (Å²) in [6.07, 6.45) is 4.50. The smallest absolute Gasteiger partial charge is 0.321 e. The van der Waals surface area contributed by atoms with Crippen LogP contribution < -0.4 is 20.7 Å². The molecule has 0 bridgehead atoms. The van der Waals surface area contributed by atoms with Crippen molar-refractivity contribution in [3.8, 4) is 5.75 Å². The average molecular weight is 388 g/mol. The number of ether oxygens (including phenoxy) is 1. The fourth-order valence-corrected chi connectivity index (χ4v) is 3.75. The molecule has 2 aromatic rings. The third-order valence-corrected chi connectivity index (χ3v) is 5.07. The molecule has 0 spiro atoms. The molecule has 0 unspecified atom stereocenters. The fourth-order valence-electron chi connectivity index (χ4n) is 3.04. The normalized spacial score (nSPS) is 14.0. The van der Waals surface area contributed by atoms with Crippen LogP contribution in [0, 0.1) is 0 Å². The predicted molar refractivity (Wildman–Crippen MR) is 106 cm³/mol. The monoisotopic (exact) mass is 388 g/mol. The lowest BCUT2D eigenvalue weighted by Gasteiger charge is -2.11. The second kappa shape index (κ2) is 9.36. The molecular formula is C19H24N4O3S. The Morgan fingerprint density at radius 3 is 2.78 bits per heavy atom. The van der Waals surface area contributed by atoms with Crippen molar-refractivity contribution in [3.05, 3.63) is 35.3 Å². The highest BCUT2D eigenvalue weighted by molar-refractivity contribution is 7.13. The van der Waals surface area contributed by atoms with Crippen molar-refractivity contribution >= 4 is 34.1 Å². The molecule has 1 aromatic carbocycles. The van der Waals surface area contributed by atoms with Gasteiger partial charge in [0.15, 0.2) is 5.13 Å². The summed E-state index contributed by atoms with van der Waals surface area (Å²) in [4.78, 5) is 28.6. The second-order valence-corrected chi connectivity index (χ2v) is 7.24. The molecule has 3 rings (SSSR count). The van der Waals surface area contributed by atoms with E-state index in [1.807, 2.05) is 25.1 Å². The van der Waals surface area contributed by atoms with Crippen molar-refractivity contribution < 1.29 is 14.3 Å². The van der Waals surface area contributed by atoms with Gasteiger partial charge in [-0.05, 0) is 31.9 Å². The first-order chi connectivity index (χ1) is 13.1. The number of hydrogen-bond acceptors (Lipinski definition) is 5. The third kappa shape index (κ3) is 5.68. The molecule has 0 aliphatic heterocycles. The van der Waals surface area contributed by atoms with Gasteiger partial charge >= 0.3 is 6.03 Å². The first kappa shape index (κ1) is 19.2. The topological polar surface area (TPSA) is 92.4 Å². The summed E-state index contributed by atoms with van der Waals surface area (Å²) in [5.74, 6) is 0.451. The van der Waals surface area contributed by atoms with Crippen molar-refractivity contribution in [1.29, 1.82) is 0 Å². The predicted octanol–water partition coefficient (Wildman–Crippen LogP) is 3.79. The van der Waals surface area contributed by atoms with Crippen LogP contribution in [0.2, 0.25) is 0 Å². The number of amides is 3. The molecule has 1 aromatic heterocycles. The van der Waals surface area contributed by atoms with Crippen LogP contribution in [0.1, 0.15) is 38.3 Å². The van der Waals surface area contributed by atoms with Gasteiger partial charge in [-0.15, -0.1) is 11.3 Å². The third-order valence-electron chi connectivity index (χ3n) is 4.27. The summed E-state index contributed by atoms with van der Waals surface area (Å²) in [6, 6.07) is 7.32. The first-order valence-electron chi connectivity index (χ1n) is 9.17. The molecule has 1 saturated carbocycles. The SMILES string of the molecule is CCOc1ccccc1NC(=O)Cc1csc(NC(=O)NC2CCCC2)n1. The summed E-state index contributed by atoms with van der Waals surface area (Å²) in [6.45, 7) is 2.42. The average Bonchev–Trinajstić information content (AvgIpc) is 3.29. The van der Waals surface area contributed by atoms with Crippen LogP contribution in [0.15, 0.2) is 29.6 Å². The number of rotatable bonds is 7.